The van der Waals surface area contributed by atoms with E-state index < -0.39 is 16.1 Å². The fourth-order valence-electron chi connectivity index (χ4n) is 2.62. The molecule has 1 aromatic carbocycles. The maximum absolute atomic E-state index is 12.8. The first-order valence-corrected chi connectivity index (χ1v) is 9.28. The van der Waals surface area contributed by atoms with Crippen molar-refractivity contribution in [1.29, 1.82) is 0 Å². The van der Waals surface area contributed by atoms with Crippen molar-refractivity contribution < 1.29 is 13.2 Å². The predicted octanol–water partition coefficient (Wildman–Crippen LogP) is 2.14. The molecule has 6 heteroatoms. The molecule has 1 aliphatic rings. The van der Waals surface area contributed by atoms with Gasteiger partial charge in [-0.1, -0.05) is 31.5 Å². The SMILES string of the molecule is CCC(C)NC(=O)C1CCCCN1S(=O)(=O)c1ccccc1. The molecule has 0 aromatic heterocycles. The van der Waals surface area contributed by atoms with E-state index in [1.54, 1.807) is 30.3 Å². The second-order valence-electron chi connectivity index (χ2n) is 5.76. The van der Waals surface area contributed by atoms with Crippen LogP contribution in [-0.2, 0) is 14.8 Å². The number of benzene rings is 1. The Morgan fingerprint density at radius 3 is 2.64 bits per heavy atom. The lowest BCUT2D eigenvalue weighted by Crippen LogP contribution is -2.53. The molecule has 2 atom stereocenters. The lowest BCUT2D eigenvalue weighted by Gasteiger charge is -2.34. The van der Waals surface area contributed by atoms with E-state index in [0.29, 0.717) is 13.0 Å². The summed E-state index contributed by atoms with van der Waals surface area (Å²) in [5.74, 6) is -0.187. The maximum atomic E-state index is 12.8. The Kier molecular flexibility index (Phi) is 5.58. The molecule has 2 rings (SSSR count). The summed E-state index contributed by atoms with van der Waals surface area (Å²) in [6, 6.07) is 7.78. The smallest absolute Gasteiger partial charge is 0.243 e. The van der Waals surface area contributed by atoms with Crippen molar-refractivity contribution in [3.8, 4) is 0 Å². The third kappa shape index (κ3) is 3.67. The fourth-order valence-corrected chi connectivity index (χ4v) is 4.30. The first kappa shape index (κ1) is 17.0. The summed E-state index contributed by atoms with van der Waals surface area (Å²) in [7, 11) is -3.63. The number of sulfonamides is 1. The third-order valence-corrected chi connectivity index (χ3v) is 6.03. The molecule has 1 amide bonds. The van der Waals surface area contributed by atoms with Gasteiger partial charge in [-0.15, -0.1) is 0 Å². The van der Waals surface area contributed by atoms with Crippen LogP contribution in [0.3, 0.4) is 0 Å². The van der Waals surface area contributed by atoms with Gasteiger partial charge < -0.3 is 5.32 Å². The summed E-state index contributed by atoms with van der Waals surface area (Å²) >= 11 is 0. The van der Waals surface area contributed by atoms with E-state index >= 15 is 0 Å². The van der Waals surface area contributed by atoms with Crippen molar-refractivity contribution in [3.05, 3.63) is 30.3 Å². The van der Waals surface area contributed by atoms with Gasteiger partial charge in [0.2, 0.25) is 15.9 Å². The Morgan fingerprint density at radius 1 is 1.32 bits per heavy atom. The molecule has 0 radical (unpaired) electrons. The average molecular weight is 324 g/mol. The van der Waals surface area contributed by atoms with E-state index in [9.17, 15) is 13.2 Å². The minimum absolute atomic E-state index is 0.0516. The summed E-state index contributed by atoms with van der Waals surface area (Å²) < 4.78 is 27.0. The summed E-state index contributed by atoms with van der Waals surface area (Å²) in [6.45, 7) is 4.32. The number of nitrogens with one attached hydrogen (secondary N) is 1. The number of carbonyl (C=O) groups excluding carboxylic acids is 1. The molecule has 1 N–H and O–H groups in total. The van der Waals surface area contributed by atoms with Gasteiger partial charge in [0.15, 0.2) is 0 Å². The number of hydrogen-bond donors (Lipinski definition) is 1. The molecule has 1 fully saturated rings. The number of piperidine rings is 1. The fraction of sp³-hybridized carbons (Fsp3) is 0.562. The lowest BCUT2D eigenvalue weighted by molar-refractivity contribution is -0.126. The number of amides is 1. The van der Waals surface area contributed by atoms with Crippen LogP contribution in [-0.4, -0.2) is 37.3 Å². The van der Waals surface area contributed by atoms with Crippen LogP contribution in [0, 0.1) is 0 Å². The van der Waals surface area contributed by atoms with Crippen LogP contribution in [0.25, 0.3) is 0 Å². The van der Waals surface area contributed by atoms with Crippen LogP contribution in [0.2, 0.25) is 0 Å². The second-order valence-corrected chi connectivity index (χ2v) is 7.65. The summed E-state index contributed by atoms with van der Waals surface area (Å²) in [5.41, 5.74) is 0. The number of hydrogen-bond acceptors (Lipinski definition) is 3. The van der Waals surface area contributed by atoms with E-state index in [1.165, 1.54) is 4.31 Å². The zero-order valence-corrected chi connectivity index (χ0v) is 14.0. The average Bonchev–Trinajstić information content (AvgIpc) is 2.55. The van der Waals surface area contributed by atoms with Gasteiger partial charge in [-0.2, -0.15) is 4.31 Å². The molecule has 5 nitrogen and oxygen atoms in total. The van der Waals surface area contributed by atoms with Gasteiger partial charge in [0, 0.05) is 12.6 Å². The molecular formula is C16H24N2O3S. The molecule has 0 bridgehead atoms. The quantitative estimate of drug-likeness (QED) is 0.902. The molecule has 122 valence electrons. The molecule has 1 saturated heterocycles. The Hall–Kier alpha value is -1.40. The molecule has 2 unspecified atom stereocenters. The van der Waals surface area contributed by atoms with Gasteiger partial charge in [0.05, 0.1) is 4.90 Å². The van der Waals surface area contributed by atoms with Gasteiger partial charge in [0.25, 0.3) is 0 Å². The van der Waals surface area contributed by atoms with Gasteiger partial charge in [-0.25, -0.2) is 8.42 Å². The number of rotatable bonds is 5. The highest BCUT2D eigenvalue weighted by Crippen LogP contribution is 2.25. The Bertz CT molecular complexity index is 601. The monoisotopic (exact) mass is 324 g/mol. The molecule has 0 aliphatic carbocycles. The van der Waals surface area contributed by atoms with E-state index in [1.807, 2.05) is 13.8 Å². The van der Waals surface area contributed by atoms with Crippen LogP contribution in [0.5, 0.6) is 0 Å². The normalized spacial score (nSPS) is 21.3. The van der Waals surface area contributed by atoms with Crippen molar-refractivity contribution >= 4 is 15.9 Å². The minimum atomic E-state index is -3.63. The molecule has 1 aromatic rings. The van der Waals surface area contributed by atoms with Crippen molar-refractivity contribution in [1.82, 2.24) is 9.62 Å². The summed E-state index contributed by atoms with van der Waals surface area (Å²) in [4.78, 5) is 12.7. The number of carbonyl (C=O) groups is 1. The molecule has 0 saturated carbocycles. The Balaban J connectivity index is 2.25. The first-order valence-electron chi connectivity index (χ1n) is 7.84. The first-order chi connectivity index (χ1) is 10.5. The van der Waals surface area contributed by atoms with Crippen LogP contribution in [0.4, 0.5) is 0 Å². The molecule has 1 heterocycles. The van der Waals surface area contributed by atoms with Crippen molar-refractivity contribution in [2.75, 3.05) is 6.54 Å². The molecule has 1 aliphatic heterocycles. The highest BCUT2D eigenvalue weighted by molar-refractivity contribution is 7.89. The van der Waals surface area contributed by atoms with Gasteiger partial charge in [-0.3, -0.25) is 4.79 Å². The van der Waals surface area contributed by atoms with Gasteiger partial charge in [-0.05, 0) is 38.3 Å². The predicted molar refractivity (Wildman–Crippen MR) is 85.9 cm³/mol. The topological polar surface area (TPSA) is 66.5 Å². The van der Waals surface area contributed by atoms with Crippen LogP contribution >= 0.6 is 0 Å². The summed E-state index contributed by atoms with van der Waals surface area (Å²) in [6.07, 6.45) is 3.07. The van der Waals surface area contributed by atoms with E-state index in [0.717, 1.165) is 19.3 Å². The highest BCUT2D eigenvalue weighted by Gasteiger charge is 2.37. The lowest BCUT2D eigenvalue weighted by atomic mass is 10.0. The second kappa shape index (κ2) is 7.24. The zero-order chi connectivity index (χ0) is 16.2. The van der Waals surface area contributed by atoms with Crippen molar-refractivity contribution in [2.45, 2.75) is 56.5 Å². The zero-order valence-electron chi connectivity index (χ0n) is 13.2. The summed E-state index contributed by atoms with van der Waals surface area (Å²) in [5, 5.41) is 2.91. The Labute approximate surface area is 132 Å². The van der Waals surface area contributed by atoms with Gasteiger partial charge in [0.1, 0.15) is 6.04 Å². The molecule has 0 spiro atoms. The highest BCUT2D eigenvalue weighted by atomic mass is 32.2. The third-order valence-electron chi connectivity index (χ3n) is 4.11. The van der Waals surface area contributed by atoms with Crippen molar-refractivity contribution in [3.63, 3.8) is 0 Å². The van der Waals surface area contributed by atoms with Crippen LogP contribution in [0.1, 0.15) is 39.5 Å². The van der Waals surface area contributed by atoms with Crippen LogP contribution in [0.15, 0.2) is 35.2 Å². The van der Waals surface area contributed by atoms with E-state index in [-0.39, 0.29) is 16.8 Å². The van der Waals surface area contributed by atoms with E-state index in [2.05, 4.69) is 5.32 Å². The largest absolute Gasteiger partial charge is 0.352 e. The molecule has 22 heavy (non-hydrogen) atoms. The number of nitrogens with zero attached hydrogens (tertiary/aromatic N) is 1. The van der Waals surface area contributed by atoms with E-state index in [4.69, 9.17) is 0 Å². The van der Waals surface area contributed by atoms with Gasteiger partial charge >= 0.3 is 0 Å². The van der Waals surface area contributed by atoms with Crippen molar-refractivity contribution in [2.24, 2.45) is 0 Å². The molecular weight excluding hydrogens is 300 g/mol. The minimum Gasteiger partial charge on any atom is -0.352 e. The Morgan fingerprint density at radius 2 is 2.00 bits per heavy atom. The maximum Gasteiger partial charge on any atom is 0.243 e. The standard InChI is InChI=1S/C16H24N2O3S/c1-3-13(2)17-16(19)15-11-7-8-12-18(15)22(20,21)14-9-5-4-6-10-14/h4-6,9-10,13,15H,3,7-8,11-12H2,1-2H3,(H,17,19). The van der Waals surface area contributed by atoms with Crippen LogP contribution < -0.4 is 5.32 Å².